The molecule has 2 rings (SSSR count). The van der Waals surface area contributed by atoms with Gasteiger partial charge >= 0.3 is 0 Å². The van der Waals surface area contributed by atoms with E-state index in [2.05, 4.69) is 0 Å². The van der Waals surface area contributed by atoms with E-state index >= 15 is 0 Å². The Hall–Kier alpha value is -1.58. The van der Waals surface area contributed by atoms with Crippen molar-refractivity contribution in [2.24, 2.45) is 0 Å². The van der Waals surface area contributed by atoms with Crippen molar-refractivity contribution < 1.29 is 13.9 Å². The number of nitrogens with zero attached hydrogens (tertiary/aromatic N) is 1. The molecular weight excluding hydrogens is 257 g/mol. The number of ether oxygens (including phenoxy) is 1. The molecule has 0 aliphatic carbocycles. The fourth-order valence-corrected chi connectivity index (χ4v) is 2.48. The smallest absolute Gasteiger partial charge is 0.263 e. The number of carbonyl (C=O) groups is 1. The van der Waals surface area contributed by atoms with Gasteiger partial charge in [-0.15, -0.1) is 0 Å². The van der Waals surface area contributed by atoms with Crippen LogP contribution < -0.4 is 4.74 Å². The van der Waals surface area contributed by atoms with Crippen molar-refractivity contribution in [2.75, 3.05) is 13.1 Å². The second kappa shape index (κ2) is 7.27. The summed E-state index contributed by atoms with van der Waals surface area (Å²) in [6, 6.07) is 5.82. The highest BCUT2D eigenvalue weighted by molar-refractivity contribution is 5.81. The zero-order valence-corrected chi connectivity index (χ0v) is 12.0. The first-order valence-electron chi connectivity index (χ1n) is 7.41. The molecule has 3 nitrogen and oxygen atoms in total. The first-order chi connectivity index (χ1) is 9.70. The molecule has 1 fully saturated rings. The molecule has 1 aliphatic heterocycles. The molecule has 0 bridgehead atoms. The van der Waals surface area contributed by atoms with E-state index in [0.29, 0.717) is 12.2 Å². The summed E-state index contributed by atoms with van der Waals surface area (Å²) >= 11 is 0. The lowest BCUT2D eigenvalue weighted by molar-refractivity contribution is -0.138. The molecule has 1 atom stereocenters. The number of amides is 1. The van der Waals surface area contributed by atoms with Crippen LogP contribution >= 0.6 is 0 Å². The Labute approximate surface area is 119 Å². The van der Waals surface area contributed by atoms with Crippen molar-refractivity contribution in [1.82, 2.24) is 4.90 Å². The van der Waals surface area contributed by atoms with Crippen LogP contribution in [0, 0.1) is 5.82 Å². The van der Waals surface area contributed by atoms with E-state index in [1.54, 1.807) is 12.1 Å². The maximum absolute atomic E-state index is 12.9. The first kappa shape index (κ1) is 14.8. The van der Waals surface area contributed by atoms with Crippen LogP contribution in [0.3, 0.4) is 0 Å². The summed E-state index contributed by atoms with van der Waals surface area (Å²) in [5, 5.41) is 0. The number of benzene rings is 1. The molecule has 0 radical (unpaired) electrons. The fraction of sp³-hybridized carbons (Fsp3) is 0.562. The predicted octanol–water partition coefficient (Wildman–Crippen LogP) is 3.39. The molecule has 0 spiro atoms. The van der Waals surface area contributed by atoms with Gasteiger partial charge in [-0.1, -0.05) is 19.8 Å². The number of hydrogen-bond donors (Lipinski definition) is 0. The zero-order chi connectivity index (χ0) is 14.4. The van der Waals surface area contributed by atoms with Gasteiger partial charge in [0.2, 0.25) is 0 Å². The van der Waals surface area contributed by atoms with Gasteiger partial charge in [0.25, 0.3) is 5.91 Å². The Bertz CT molecular complexity index is 425. The third-order valence-electron chi connectivity index (χ3n) is 3.66. The summed E-state index contributed by atoms with van der Waals surface area (Å²) in [4.78, 5) is 14.4. The van der Waals surface area contributed by atoms with Crippen molar-refractivity contribution in [3.63, 3.8) is 0 Å². The molecule has 1 saturated heterocycles. The Balaban J connectivity index is 1.99. The normalized spacial score (nSPS) is 17.4. The molecule has 110 valence electrons. The molecule has 4 heteroatoms. The Kier molecular flexibility index (Phi) is 5.39. The standard InChI is InChI=1S/C16H22FNO2/c1-2-15(20-14-9-7-13(17)8-10-14)16(19)18-11-5-3-4-6-12-18/h7-10,15H,2-6,11-12H2,1H3/t15-/m0/s1. The third-order valence-corrected chi connectivity index (χ3v) is 3.66. The average molecular weight is 279 g/mol. The van der Waals surface area contributed by atoms with Crippen LogP contribution in [0.5, 0.6) is 5.75 Å². The maximum atomic E-state index is 12.9. The highest BCUT2D eigenvalue weighted by atomic mass is 19.1. The van der Waals surface area contributed by atoms with Crippen molar-refractivity contribution in [1.29, 1.82) is 0 Å². The van der Waals surface area contributed by atoms with Crippen LogP contribution in [0.1, 0.15) is 39.0 Å². The number of likely N-dealkylation sites (tertiary alicyclic amines) is 1. The molecule has 1 aromatic rings. The SMILES string of the molecule is CC[C@H](Oc1ccc(F)cc1)C(=O)N1CCCCCC1. The number of halogens is 1. The fourth-order valence-electron chi connectivity index (χ4n) is 2.48. The van der Waals surface area contributed by atoms with Crippen LogP contribution in [-0.2, 0) is 4.79 Å². The van der Waals surface area contributed by atoms with Crippen LogP contribution in [-0.4, -0.2) is 30.0 Å². The summed E-state index contributed by atoms with van der Waals surface area (Å²) in [5.41, 5.74) is 0. The third kappa shape index (κ3) is 3.95. The molecule has 1 heterocycles. The minimum atomic E-state index is -0.474. The van der Waals surface area contributed by atoms with Gasteiger partial charge in [-0.05, 0) is 43.5 Å². The maximum Gasteiger partial charge on any atom is 0.263 e. The second-order valence-corrected chi connectivity index (χ2v) is 5.21. The van der Waals surface area contributed by atoms with Gasteiger partial charge in [0.1, 0.15) is 11.6 Å². The molecule has 0 N–H and O–H groups in total. The second-order valence-electron chi connectivity index (χ2n) is 5.21. The topological polar surface area (TPSA) is 29.5 Å². The lowest BCUT2D eigenvalue weighted by Crippen LogP contribution is -2.42. The van der Waals surface area contributed by atoms with Crippen molar-refractivity contribution in [3.05, 3.63) is 30.1 Å². The van der Waals surface area contributed by atoms with Gasteiger partial charge < -0.3 is 9.64 Å². The molecule has 0 aromatic heterocycles. The molecule has 1 aliphatic rings. The molecule has 20 heavy (non-hydrogen) atoms. The first-order valence-corrected chi connectivity index (χ1v) is 7.41. The molecular formula is C16H22FNO2. The van der Waals surface area contributed by atoms with Crippen LogP contribution in [0.4, 0.5) is 4.39 Å². The minimum absolute atomic E-state index is 0.0544. The average Bonchev–Trinajstić information content (AvgIpc) is 2.75. The van der Waals surface area contributed by atoms with Gasteiger partial charge in [0.05, 0.1) is 0 Å². The highest BCUT2D eigenvalue weighted by Gasteiger charge is 2.25. The zero-order valence-electron chi connectivity index (χ0n) is 12.0. The van der Waals surface area contributed by atoms with Gasteiger partial charge in [-0.25, -0.2) is 4.39 Å². The summed E-state index contributed by atoms with van der Waals surface area (Å²) < 4.78 is 18.6. The van der Waals surface area contributed by atoms with Gasteiger partial charge in [0, 0.05) is 13.1 Å². The summed E-state index contributed by atoms with van der Waals surface area (Å²) in [6.07, 6.45) is 4.67. The van der Waals surface area contributed by atoms with E-state index in [-0.39, 0.29) is 11.7 Å². The Morgan fingerprint density at radius 1 is 1.20 bits per heavy atom. The predicted molar refractivity (Wildman–Crippen MR) is 76.2 cm³/mol. The summed E-state index contributed by atoms with van der Waals surface area (Å²) in [5.74, 6) is 0.296. The van der Waals surface area contributed by atoms with Crippen molar-refractivity contribution >= 4 is 5.91 Å². The minimum Gasteiger partial charge on any atom is -0.481 e. The summed E-state index contributed by atoms with van der Waals surface area (Å²) in [7, 11) is 0. The number of carbonyl (C=O) groups excluding carboxylic acids is 1. The molecule has 1 aromatic carbocycles. The van der Waals surface area contributed by atoms with Crippen molar-refractivity contribution in [2.45, 2.75) is 45.1 Å². The molecule has 0 saturated carbocycles. The molecule has 1 amide bonds. The van der Waals surface area contributed by atoms with E-state index in [4.69, 9.17) is 4.74 Å². The van der Waals surface area contributed by atoms with Gasteiger partial charge in [0.15, 0.2) is 6.10 Å². The van der Waals surface area contributed by atoms with Crippen LogP contribution in [0.25, 0.3) is 0 Å². The Morgan fingerprint density at radius 2 is 1.80 bits per heavy atom. The van der Waals surface area contributed by atoms with Crippen LogP contribution in [0.2, 0.25) is 0 Å². The van der Waals surface area contributed by atoms with Crippen LogP contribution in [0.15, 0.2) is 24.3 Å². The Morgan fingerprint density at radius 3 is 2.35 bits per heavy atom. The quantitative estimate of drug-likeness (QED) is 0.845. The number of hydrogen-bond acceptors (Lipinski definition) is 2. The largest absolute Gasteiger partial charge is 0.481 e. The van der Waals surface area contributed by atoms with Gasteiger partial charge in [-0.3, -0.25) is 4.79 Å². The lowest BCUT2D eigenvalue weighted by Gasteiger charge is -2.26. The highest BCUT2D eigenvalue weighted by Crippen LogP contribution is 2.17. The van der Waals surface area contributed by atoms with Crippen molar-refractivity contribution in [3.8, 4) is 5.75 Å². The monoisotopic (exact) mass is 279 g/mol. The molecule has 0 unspecified atom stereocenters. The number of rotatable bonds is 4. The lowest BCUT2D eigenvalue weighted by atomic mass is 10.2. The van der Waals surface area contributed by atoms with E-state index in [1.807, 2.05) is 11.8 Å². The van der Waals surface area contributed by atoms with E-state index in [9.17, 15) is 9.18 Å². The summed E-state index contributed by atoms with van der Waals surface area (Å²) in [6.45, 7) is 3.58. The van der Waals surface area contributed by atoms with Gasteiger partial charge in [-0.2, -0.15) is 0 Å². The van der Waals surface area contributed by atoms with E-state index in [0.717, 1.165) is 25.9 Å². The van der Waals surface area contributed by atoms with E-state index in [1.165, 1.54) is 25.0 Å². The van der Waals surface area contributed by atoms with E-state index < -0.39 is 6.10 Å².